The average molecular weight is 573 g/mol. The average Bonchev–Trinajstić information content (AvgIpc) is 3.08. The minimum absolute atomic E-state index is 0.158. The van der Waals surface area contributed by atoms with E-state index in [0.717, 1.165) is 42.8 Å². The fourth-order valence-electron chi connectivity index (χ4n) is 5.11. The summed E-state index contributed by atoms with van der Waals surface area (Å²) < 4.78 is 11.3. The molecule has 0 unspecified atom stereocenters. The number of hydrogen-bond acceptors (Lipinski definition) is 8. The highest BCUT2D eigenvalue weighted by Gasteiger charge is 2.22. The normalized spacial score (nSPS) is 13.4. The maximum absolute atomic E-state index is 13.1. The molecule has 0 atom stereocenters. The molecule has 0 aliphatic carbocycles. The molecule has 216 valence electrons. The summed E-state index contributed by atoms with van der Waals surface area (Å²) in [5.74, 6) is 3.29. The predicted octanol–water partition coefficient (Wildman–Crippen LogP) is 6.05. The highest BCUT2D eigenvalue weighted by atomic mass is 16.5. The summed E-state index contributed by atoms with van der Waals surface area (Å²) in [5.41, 5.74) is 3.32. The van der Waals surface area contributed by atoms with Gasteiger partial charge in [-0.1, -0.05) is 42.5 Å². The number of hydrogen-bond donors (Lipinski definition) is 1. The van der Waals surface area contributed by atoms with Crippen LogP contribution in [0.15, 0.2) is 104 Å². The van der Waals surface area contributed by atoms with E-state index in [1.807, 2.05) is 66.7 Å². The van der Waals surface area contributed by atoms with Gasteiger partial charge < -0.3 is 19.7 Å². The molecule has 1 saturated heterocycles. The van der Waals surface area contributed by atoms with E-state index in [1.165, 1.54) is 0 Å². The summed E-state index contributed by atoms with van der Waals surface area (Å²) in [6.45, 7) is 2.18. The lowest BCUT2D eigenvalue weighted by Gasteiger charge is -2.32. The maximum atomic E-state index is 13.1. The van der Waals surface area contributed by atoms with Gasteiger partial charge in [-0.15, -0.1) is 0 Å². The summed E-state index contributed by atoms with van der Waals surface area (Å²) >= 11 is 0. The van der Waals surface area contributed by atoms with Gasteiger partial charge in [-0.25, -0.2) is 9.97 Å². The van der Waals surface area contributed by atoms with Gasteiger partial charge in [0.1, 0.15) is 23.6 Å². The van der Waals surface area contributed by atoms with Crippen LogP contribution in [0.4, 0.5) is 5.95 Å². The van der Waals surface area contributed by atoms with Crippen molar-refractivity contribution in [3.8, 4) is 39.9 Å². The SMILES string of the molecule is COc1cc(Oc2ccccc2)cc(C(=O)NCC2CCN(c3ncnc(-c4cccc(-c5ccccn5)c4)n3)CC2)c1. The molecule has 1 aliphatic rings. The molecule has 0 spiro atoms. The van der Waals surface area contributed by atoms with E-state index in [-0.39, 0.29) is 5.91 Å². The standard InChI is InChI=1S/C34H32N6O3/c1-42-29-19-27(20-30(21-29)43-28-10-3-2-4-11-28)33(41)36-22-24-13-16-40(17-14-24)34-38-23-37-32(39-34)26-9-7-8-25(18-26)31-12-5-6-15-35-31/h2-12,15,18-21,23-24H,13-14,16-17,22H2,1H3,(H,36,41). The zero-order valence-corrected chi connectivity index (χ0v) is 23.9. The van der Waals surface area contributed by atoms with Crippen LogP contribution in [0.5, 0.6) is 17.2 Å². The Bertz CT molecular complexity index is 1670. The first-order valence-corrected chi connectivity index (χ1v) is 14.3. The van der Waals surface area contributed by atoms with Crippen LogP contribution in [0.3, 0.4) is 0 Å². The van der Waals surface area contributed by atoms with E-state index in [1.54, 1.807) is 37.8 Å². The first-order chi connectivity index (χ1) is 21.1. The third-order valence-electron chi connectivity index (χ3n) is 7.45. The first-order valence-electron chi connectivity index (χ1n) is 14.3. The third-order valence-corrected chi connectivity index (χ3v) is 7.45. The van der Waals surface area contributed by atoms with Gasteiger partial charge in [-0.05, 0) is 61.2 Å². The zero-order valence-electron chi connectivity index (χ0n) is 23.9. The molecular weight excluding hydrogens is 540 g/mol. The Balaban J connectivity index is 1.05. The van der Waals surface area contributed by atoms with Gasteiger partial charge >= 0.3 is 0 Å². The van der Waals surface area contributed by atoms with Gasteiger partial charge in [-0.2, -0.15) is 4.98 Å². The molecule has 1 N–H and O–H groups in total. The number of nitrogens with zero attached hydrogens (tertiary/aromatic N) is 5. The molecule has 3 heterocycles. The molecule has 2 aromatic heterocycles. The Hall–Kier alpha value is -5.31. The van der Waals surface area contributed by atoms with Crippen molar-refractivity contribution in [1.29, 1.82) is 0 Å². The number of rotatable bonds is 9. The van der Waals surface area contributed by atoms with Crippen LogP contribution in [-0.4, -0.2) is 52.6 Å². The van der Waals surface area contributed by atoms with Crippen molar-refractivity contribution in [3.63, 3.8) is 0 Å². The third kappa shape index (κ3) is 6.95. The smallest absolute Gasteiger partial charge is 0.251 e. The molecule has 0 radical (unpaired) electrons. The molecule has 1 fully saturated rings. The predicted molar refractivity (Wildman–Crippen MR) is 165 cm³/mol. The molecule has 9 nitrogen and oxygen atoms in total. The van der Waals surface area contributed by atoms with Crippen molar-refractivity contribution in [2.24, 2.45) is 5.92 Å². The van der Waals surface area contributed by atoms with Crippen LogP contribution in [0.1, 0.15) is 23.2 Å². The van der Waals surface area contributed by atoms with Crippen molar-refractivity contribution in [1.82, 2.24) is 25.3 Å². The highest BCUT2D eigenvalue weighted by Crippen LogP contribution is 2.28. The van der Waals surface area contributed by atoms with Crippen LogP contribution in [0.2, 0.25) is 0 Å². The van der Waals surface area contributed by atoms with Crippen LogP contribution in [0.25, 0.3) is 22.6 Å². The number of pyridine rings is 1. The summed E-state index contributed by atoms with van der Waals surface area (Å²) in [4.78, 5) is 33.4. The number of ether oxygens (including phenoxy) is 2. The summed E-state index contributed by atoms with van der Waals surface area (Å²) in [6, 6.07) is 28.6. The van der Waals surface area contributed by atoms with Gasteiger partial charge in [0.15, 0.2) is 5.82 Å². The van der Waals surface area contributed by atoms with Gasteiger partial charge in [-0.3, -0.25) is 9.78 Å². The molecule has 1 amide bonds. The lowest BCUT2D eigenvalue weighted by Crippen LogP contribution is -2.39. The Morgan fingerprint density at radius 1 is 0.837 bits per heavy atom. The second-order valence-corrected chi connectivity index (χ2v) is 10.4. The second kappa shape index (κ2) is 13.1. The second-order valence-electron chi connectivity index (χ2n) is 10.4. The number of anilines is 1. The summed E-state index contributed by atoms with van der Waals surface area (Å²) in [6.07, 6.45) is 5.18. The van der Waals surface area contributed by atoms with Crippen molar-refractivity contribution < 1.29 is 14.3 Å². The van der Waals surface area contributed by atoms with Crippen LogP contribution in [0, 0.1) is 5.92 Å². The Morgan fingerprint density at radius 2 is 1.63 bits per heavy atom. The van der Waals surface area contributed by atoms with Crippen molar-refractivity contribution in [3.05, 3.63) is 109 Å². The fourth-order valence-corrected chi connectivity index (χ4v) is 5.11. The molecule has 9 heteroatoms. The lowest BCUT2D eigenvalue weighted by molar-refractivity contribution is 0.0944. The topological polar surface area (TPSA) is 102 Å². The minimum atomic E-state index is -0.158. The largest absolute Gasteiger partial charge is 0.497 e. The Morgan fingerprint density at radius 3 is 2.42 bits per heavy atom. The number of amides is 1. The van der Waals surface area contributed by atoms with Gasteiger partial charge in [0.05, 0.1) is 12.8 Å². The molecular formula is C34H32N6O3. The number of aromatic nitrogens is 4. The van der Waals surface area contributed by atoms with Crippen LogP contribution >= 0.6 is 0 Å². The Labute approximate surface area is 250 Å². The summed E-state index contributed by atoms with van der Waals surface area (Å²) in [7, 11) is 1.58. The van der Waals surface area contributed by atoms with E-state index in [9.17, 15) is 4.79 Å². The van der Waals surface area contributed by atoms with Crippen molar-refractivity contribution >= 4 is 11.9 Å². The fraction of sp³-hybridized carbons (Fsp3) is 0.206. The van der Waals surface area contributed by atoms with Gasteiger partial charge in [0.2, 0.25) is 5.95 Å². The number of piperidine rings is 1. The number of carbonyl (C=O) groups excluding carboxylic acids is 1. The molecule has 6 rings (SSSR count). The number of carbonyl (C=O) groups is 1. The number of methoxy groups -OCH3 is 1. The molecule has 0 bridgehead atoms. The molecule has 1 aliphatic heterocycles. The first kappa shape index (κ1) is 27.8. The lowest BCUT2D eigenvalue weighted by atomic mass is 9.97. The Kier molecular flexibility index (Phi) is 8.49. The minimum Gasteiger partial charge on any atom is -0.497 e. The van der Waals surface area contributed by atoms with Gasteiger partial charge in [0, 0.05) is 48.6 Å². The van der Waals surface area contributed by atoms with Crippen LogP contribution in [-0.2, 0) is 0 Å². The van der Waals surface area contributed by atoms with E-state index < -0.39 is 0 Å². The van der Waals surface area contributed by atoms with Gasteiger partial charge in [0.25, 0.3) is 5.91 Å². The van der Waals surface area contributed by atoms with Crippen molar-refractivity contribution in [2.45, 2.75) is 12.8 Å². The molecule has 0 saturated carbocycles. The number of benzene rings is 3. The number of para-hydroxylation sites is 1. The zero-order chi connectivity index (χ0) is 29.4. The van der Waals surface area contributed by atoms with E-state index in [4.69, 9.17) is 14.5 Å². The monoisotopic (exact) mass is 572 g/mol. The highest BCUT2D eigenvalue weighted by molar-refractivity contribution is 5.95. The molecule has 5 aromatic rings. The maximum Gasteiger partial charge on any atom is 0.251 e. The van der Waals surface area contributed by atoms with Crippen LogP contribution < -0.4 is 19.7 Å². The van der Waals surface area contributed by atoms with E-state index in [2.05, 4.69) is 31.2 Å². The van der Waals surface area contributed by atoms with E-state index >= 15 is 0 Å². The molecule has 3 aromatic carbocycles. The molecule has 43 heavy (non-hydrogen) atoms. The quantitative estimate of drug-likeness (QED) is 0.228. The summed E-state index contributed by atoms with van der Waals surface area (Å²) in [5, 5.41) is 3.10. The van der Waals surface area contributed by atoms with Crippen molar-refractivity contribution in [2.75, 3.05) is 31.6 Å². The van der Waals surface area contributed by atoms with E-state index in [0.29, 0.717) is 47.0 Å². The number of nitrogens with one attached hydrogen (secondary N) is 1.